The summed E-state index contributed by atoms with van der Waals surface area (Å²) in [5.74, 6) is 0.675. The molecule has 5 rings (SSSR count). The Balaban J connectivity index is 1.37. The first-order valence-corrected chi connectivity index (χ1v) is 18.1. The van der Waals surface area contributed by atoms with Gasteiger partial charge in [0.05, 0.1) is 11.9 Å². The number of hydrogen-bond acceptors (Lipinski definition) is 6. The van der Waals surface area contributed by atoms with E-state index in [1.54, 1.807) is 23.1 Å². The summed E-state index contributed by atoms with van der Waals surface area (Å²) in [6.45, 7) is 1.15. The van der Waals surface area contributed by atoms with Gasteiger partial charge in [-0.05, 0) is 54.7 Å². The first kappa shape index (κ1) is 32.8. The molecular formula is C34H40BrN3O6S. The largest absolute Gasteiger partial charge is 0.486 e. The molecule has 0 radical (unpaired) electrons. The molecule has 1 fully saturated rings. The van der Waals surface area contributed by atoms with Crippen LogP contribution in [-0.2, 0) is 32.6 Å². The number of sulfonamides is 1. The lowest BCUT2D eigenvalue weighted by Gasteiger charge is -2.33. The van der Waals surface area contributed by atoms with Crippen LogP contribution >= 0.6 is 15.9 Å². The van der Waals surface area contributed by atoms with Gasteiger partial charge in [-0.2, -0.15) is 0 Å². The van der Waals surface area contributed by atoms with Gasteiger partial charge in [-0.3, -0.25) is 13.9 Å². The number of ether oxygens (including phenoxy) is 2. The molecule has 240 valence electrons. The highest BCUT2D eigenvalue weighted by atomic mass is 79.9. The first-order chi connectivity index (χ1) is 21.7. The van der Waals surface area contributed by atoms with Crippen molar-refractivity contribution in [3.8, 4) is 11.5 Å². The molecule has 1 atom stereocenters. The summed E-state index contributed by atoms with van der Waals surface area (Å²) in [7, 11) is -3.66. The van der Waals surface area contributed by atoms with Crippen molar-refractivity contribution in [2.45, 2.75) is 63.6 Å². The van der Waals surface area contributed by atoms with Crippen LogP contribution in [0.15, 0.2) is 77.3 Å². The van der Waals surface area contributed by atoms with Gasteiger partial charge < -0.3 is 19.7 Å². The van der Waals surface area contributed by atoms with Crippen LogP contribution in [0.4, 0.5) is 5.69 Å². The van der Waals surface area contributed by atoms with E-state index in [4.69, 9.17) is 9.47 Å². The second kappa shape index (κ2) is 15.1. The van der Waals surface area contributed by atoms with Gasteiger partial charge in [0.15, 0.2) is 11.5 Å². The van der Waals surface area contributed by atoms with Crippen LogP contribution in [0.2, 0.25) is 0 Å². The molecule has 0 saturated heterocycles. The van der Waals surface area contributed by atoms with E-state index in [2.05, 4.69) is 21.2 Å². The van der Waals surface area contributed by atoms with Crippen LogP contribution in [0.25, 0.3) is 0 Å². The minimum absolute atomic E-state index is 0.0621. The summed E-state index contributed by atoms with van der Waals surface area (Å²) < 4.78 is 39.1. The molecule has 45 heavy (non-hydrogen) atoms. The molecule has 3 aromatic rings. The smallest absolute Gasteiger partial charge is 0.243 e. The Hall–Kier alpha value is -3.57. The normalized spacial score (nSPS) is 15.3. The van der Waals surface area contributed by atoms with Crippen molar-refractivity contribution in [3.63, 3.8) is 0 Å². The van der Waals surface area contributed by atoms with Gasteiger partial charge in [-0.25, -0.2) is 8.42 Å². The Bertz CT molecular complexity index is 1580. The molecule has 11 heteroatoms. The van der Waals surface area contributed by atoms with Crippen LogP contribution in [0, 0.1) is 0 Å². The fourth-order valence-corrected chi connectivity index (χ4v) is 7.35. The SMILES string of the molecule is CS(=O)(=O)N(CCCC(=O)N(Cc1cccc(Br)c1)C(Cc1ccccc1)C(=O)NC1CCCC1)c1ccc2c(c1)OCCO2. The first-order valence-electron chi connectivity index (χ1n) is 15.4. The highest BCUT2D eigenvalue weighted by molar-refractivity contribution is 9.10. The zero-order chi connectivity index (χ0) is 31.8. The standard InChI is InChI=1S/C34H40BrN3O6S/c1-45(41,42)38(29-16-17-31-32(23-29)44-20-19-43-31)18-8-15-33(39)37(24-26-11-7-12-27(35)21-26)30(22-25-9-3-2-4-10-25)34(40)36-28-13-5-6-14-28/h2-4,7,9-12,16-17,21,23,28,30H,5-6,8,13-15,18-20,22,24H2,1H3,(H,36,40). The Morgan fingerprint density at radius 1 is 0.933 bits per heavy atom. The lowest BCUT2D eigenvalue weighted by atomic mass is 10.0. The van der Waals surface area contributed by atoms with E-state index in [9.17, 15) is 18.0 Å². The zero-order valence-corrected chi connectivity index (χ0v) is 27.9. The third-order valence-electron chi connectivity index (χ3n) is 8.18. The van der Waals surface area contributed by atoms with E-state index >= 15 is 0 Å². The van der Waals surface area contributed by atoms with Gasteiger partial charge in [0.25, 0.3) is 0 Å². The molecule has 0 aromatic heterocycles. The molecule has 1 heterocycles. The second-order valence-corrected chi connectivity index (χ2v) is 14.4. The second-order valence-electron chi connectivity index (χ2n) is 11.6. The molecule has 1 N–H and O–H groups in total. The van der Waals surface area contributed by atoms with Crippen LogP contribution in [0.3, 0.4) is 0 Å². The quantitative estimate of drug-likeness (QED) is 0.254. The van der Waals surface area contributed by atoms with Crippen LogP contribution in [-0.4, -0.2) is 63.2 Å². The zero-order valence-electron chi connectivity index (χ0n) is 25.5. The maximum Gasteiger partial charge on any atom is 0.243 e. The number of amides is 2. The number of nitrogens with one attached hydrogen (secondary N) is 1. The number of carbonyl (C=O) groups excluding carboxylic acids is 2. The maximum absolute atomic E-state index is 14.1. The molecule has 0 spiro atoms. The Morgan fingerprint density at radius 3 is 2.36 bits per heavy atom. The van der Waals surface area contributed by atoms with Gasteiger partial charge in [-0.1, -0.05) is 71.2 Å². The topological polar surface area (TPSA) is 105 Å². The van der Waals surface area contributed by atoms with Crippen molar-refractivity contribution in [1.82, 2.24) is 10.2 Å². The van der Waals surface area contributed by atoms with Crippen molar-refractivity contribution in [2.24, 2.45) is 0 Å². The van der Waals surface area contributed by atoms with Crippen molar-refractivity contribution in [3.05, 3.63) is 88.4 Å². The minimum Gasteiger partial charge on any atom is -0.486 e. The molecule has 2 amide bonds. The number of anilines is 1. The number of hydrogen-bond donors (Lipinski definition) is 1. The fourth-order valence-electron chi connectivity index (χ4n) is 5.94. The predicted octanol–water partition coefficient (Wildman–Crippen LogP) is 5.47. The van der Waals surface area contributed by atoms with Crippen molar-refractivity contribution < 1.29 is 27.5 Å². The fraction of sp³-hybridized carbons (Fsp3) is 0.412. The predicted molar refractivity (Wildman–Crippen MR) is 178 cm³/mol. The van der Waals surface area contributed by atoms with E-state index in [1.165, 1.54) is 4.31 Å². The summed E-state index contributed by atoms with van der Waals surface area (Å²) in [5.41, 5.74) is 2.29. The molecule has 2 aliphatic rings. The Labute approximate surface area is 274 Å². The molecule has 1 saturated carbocycles. The van der Waals surface area contributed by atoms with E-state index in [1.807, 2.05) is 54.6 Å². The summed E-state index contributed by atoms with van der Waals surface area (Å²) in [6.07, 6.45) is 5.87. The van der Waals surface area contributed by atoms with Crippen molar-refractivity contribution >= 4 is 43.5 Å². The van der Waals surface area contributed by atoms with Crippen molar-refractivity contribution in [1.29, 1.82) is 0 Å². The summed E-state index contributed by atoms with van der Waals surface area (Å²) in [5, 5.41) is 3.22. The van der Waals surface area contributed by atoms with E-state index in [0.717, 1.165) is 47.5 Å². The van der Waals surface area contributed by atoms with Crippen LogP contribution in [0.5, 0.6) is 11.5 Å². The maximum atomic E-state index is 14.1. The minimum atomic E-state index is -3.66. The van der Waals surface area contributed by atoms with E-state index in [-0.39, 0.29) is 43.8 Å². The van der Waals surface area contributed by atoms with Gasteiger partial charge in [0, 0.05) is 42.5 Å². The molecule has 3 aromatic carbocycles. The van der Waals surface area contributed by atoms with Gasteiger partial charge in [0.1, 0.15) is 19.3 Å². The molecule has 1 aliphatic carbocycles. The van der Waals surface area contributed by atoms with Gasteiger partial charge in [0.2, 0.25) is 21.8 Å². The summed E-state index contributed by atoms with van der Waals surface area (Å²) in [4.78, 5) is 29.7. The lowest BCUT2D eigenvalue weighted by molar-refractivity contribution is -0.141. The monoisotopic (exact) mass is 697 g/mol. The molecular weight excluding hydrogens is 658 g/mol. The number of benzene rings is 3. The third-order valence-corrected chi connectivity index (χ3v) is 9.87. The van der Waals surface area contributed by atoms with Gasteiger partial charge >= 0.3 is 0 Å². The Kier molecular flexibility index (Phi) is 11.0. The van der Waals surface area contributed by atoms with E-state index in [0.29, 0.717) is 36.8 Å². The molecule has 9 nitrogen and oxygen atoms in total. The number of rotatable bonds is 13. The van der Waals surface area contributed by atoms with Crippen molar-refractivity contribution in [2.75, 3.05) is 30.3 Å². The van der Waals surface area contributed by atoms with Crippen LogP contribution < -0.4 is 19.1 Å². The number of halogens is 1. The summed E-state index contributed by atoms with van der Waals surface area (Å²) in [6, 6.07) is 21.8. The number of nitrogens with zero attached hydrogens (tertiary/aromatic N) is 2. The molecule has 1 aliphatic heterocycles. The molecule has 0 bridgehead atoms. The average molecular weight is 699 g/mol. The number of carbonyl (C=O) groups is 2. The van der Waals surface area contributed by atoms with Gasteiger partial charge in [-0.15, -0.1) is 0 Å². The van der Waals surface area contributed by atoms with Crippen LogP contribution in [0.1, 0.15) is 49.7 Å². The lowest BCUT2D eigenvalue weighted by Crippen LogP contribution is -2.52. The number of fused-ring (bicyclic) bond motifs is 1. The molecule has 1 unspecified atom stereocenters. The summed E-state index contributed by atoms with van der Waals surface area (Å²) >= 11 is 3.53. The van der Waals surface area contributed by atoms with E-state index < -0.39 is 16.1 Å². The highest BCUT2D eigenvalue weighted by Crippen LogP contribution is 2.35. The average Bonchev–Trinajstić information content (AvgIpc) is 3.53. The Morgan fingerprint density at radius 2 is 1.64 bits per heavy atom. The highest BCUT2D eigenvalue weighted by Gasteiger charge is 2.32. The third kappa shape index (κ3) is 9.00.